The van der Waals surface area contributed by atoms with Gasteiger partial charge in [0.25, 0.3) is 5.91 Å². The highest BCUT2D eigenvalue weighted by Crippen LogP contribution is 2.36. The number of amides is 2. The minimum absolute atomic E-state index is 0.0906. The van der Waals surface area contributed by atoms with E-state index in [9.17, 15) is 19.2 Å². The summed E-state index contributed by atoms with van der Waals surface area (Å²) in [5, 5.41) is 11.2. The van der Waals surface area contributed by atoms with Gasteiger partial charge in [0.15, 0.2) is 23.9 Å². The Morgan fingerprint density at radius 2 is 1.85 bits per heavy atom. The van der Waals surface area contributed by atoms with Gasteiger partial charge in [-0.25, -0.2) is 4.79 Å². The molecule has 1 aliphatic rings. The molecule has 0 aromatic heterocycles. The van der Waals surface area contributed by atoms with Gasteiger partial charge in [-0.15, -0.1) is 0 Å². The third-order valence-electron chi connectivity index (χ3n) is 4.76. The van der Waals surface area contributed by atoms with Gasteiger partial charge in [-0.05, 0) is 35.9 Å². The van der Waals surface area contributed by atoms with Crippen molar-refractivity contribution in [1.82, 2.24) is 5.32 Å². The topological polar surface area (TPSA) is 163 Å². The zero-order valence-electron chi connectivity index (χ0n) is 18.3. The number of benzene rings is 2. The van der Waals surface area contributed by atoms with E-state index in [1.165, 1.54) is 32.4 Å². The Hall–Kier alpha value is -4.54. The number of nitrogens with two attached hydrogens (primary N) is 1. The van der Waals surface area contributed by atoms with Crippen LogP contribution in [0.2, 0.25) is 0 Å². The molecule has 178 valence electrons. The minimum atomic E-state index is -1.46. The van der Waals surface area contributed by atoms with Crippen molar-refractivity contribution in [3.63, 3.8) is 0 Å². The summed E-state index contributed by atoms with van der Waals surface area (Å²) in [5.41, 5.74) is 5.95. The second kappa shape index (κ2) is 10.4. The first-order valence-corrected chi connectivity index (χ1v) is 9.95. The molecule has 34 heavy (non-hydrogen) atoms. The van der Waals surface area contributed by atoms with Crippen molar-refractivity contribution >= 4 is 29.6 Å². The maximum absolute atomic E-state index is 12.7. The quantitative estimate of drug-likeness (QED) is 0.432. The Morgan fingerprint density at radius 1 is 1.12 bits per heavy atom. The molecule has 3 rings (SSSR count). The predicted molar refractivity (Wildman–Crippen MR) is 118 cm³/mol. The largest absolute Gasteiger partial charge is 0.493 e. The first kappa shape index (κ1) is 24.1. The van der Waals surface area contributed by atoms with Gasteiger partial charge in [-0.2, -0.15) is 0 Å². The maximum atomic E-state index is 12.7. The number of nitrogens with one attached hydrogen (secondary N) is 1. The molecule has 0 unspecified atom stereocenters. The van der Waals surface area contributed by atoms with Gasteiger partial charge in [0.2, 0.25) is 11.7 Å². The molecular formula is C23H22N2O9. The Morgan fingerprint density at radius 3 is 2.50 bits per heavy atom. The van der Waals surface area contributed by atoms with Gasteiger partial charge in [0.05, 0.1) is 26.2 Å². The SMILES string of the molecule is COc1ccc(C=C2Oc3cc(OCC(=O)N[C@H](CC(N)=O)C(=O)O)ccc3C2=O)cc1OC. The Bertz CT molecular complexity index is 1170. The smallest absolute Gasteiger partial charge is 0.326 e. The molecule has 0 radical (unpaired) electrons. The fourth-order valence-electron chi connectivity index (χ4n) is 3.14. The number of rotatable bonds is 10. The van der Waals surface area contributed by atoms with Crippen LogP contribution >= 0.6 is 0 Å². The van der Waals surface area contributed by atoms with E-state index in [4.69, 9.17) is 29.8 Å². The molecule has 0 fully saturated rings. The summed E-state index contributed by atoms with van der Waals surface area (Å²) in [5.74, 6) is -1.77. The number of carboxylic acids is 1. The fraction of sp³-hybridized carbons (Fsp3) is 0.217. The van der Waals surface area contributed by atoms with Gasteiger partial charge >= 0.3 is 5.97 Å². The zero-order chi connectivity index (χ0) is 24.8. The first-order chi connectivity index (χ1) is 16.2. The highest BCUT2D eigenvalue weighted by Gasteiger charge is 2.28. The number of fused-ring (bicyclic) bond motifs is 1. The lowest BCUT2D eigenvalue weighted by Gasteiger charge is -2.13. The van der Waals surface area contributed by atoms with E-state index in [2.05, 4.69) is 5.32 Å². The van der Waals surface area contributed by atoms with Crippen molar-refractivity contribution < 1.29 is 43.2 Å². The molecule has 0 saturated heterocycles. The maximum Gasteiger partial charge on any atom is 0.326 e. The molecule has 1 heterocycles. The van der Waals surface area contributed by atoms with Crippen LogP contribution in [-0.2, 0) is 14.4 Å². The third kappa shape index (κ3) is 5.63. The van der Waals surface area contributed by atoms with Crippen LogP contribution in [0.3, 0.4) is 0 Å². The molecule has 2 amide bonds. The summed E-state index contributed by atoms with van der Waals surface area (Å²) in [4.78, 5) is 46.7. The Balaban J connectivity index is 1.67. The molecule has 1 aliphatic heterocycles. The van der Waals surface area contributed by atoms with Crippen LogP contribution < -0.4 is 30.0 Å². The standard InChI is InChI=1S/C23H22N2O9/c1-31-16-6-3-12(7-18(16)32-2)8-19-22(28)14-5-4-13(9-17(14)34-19)33-11-21(27)25-15(23(29)30)10-20(24)26/h3-9,15H,10-11H2,1-2H3,(H2,24,26)(H,25,27)(H,29,30)/t15-/m1/s1. The number of primary amides is 1. The highest BCUT2D eigenvalue weighted by atomic mass is 16.5. The number of hydrogen-bond acceptors (Lipinski definition) is 8. The van der Waals surface area contributed by atoms with E-state index in [-0.39, 0.29) is 23.0 Å². The summed E-state index contributed by atoms with van der Waals surface area (Å²) >= 11 is 0. The molecule has 2 aromatic rings. The van der Waals surface area contributed by atoms with Crippen LogP contribution in [0.25, 0.3) is 6.08 Å². The molecule has 0 bridgehead atoms. The van der Waals surface area contributed by atoms with E-state index >= 15 is 0 Å². The molecular weight excluding hydrogens is 448 g/mol. The molecule has 4 N–H and O–H groups in total. The van der Waals surface area contributed by atoms with Crippen LogP contribution in [-0.4, -0.2) is 55.5 Å². The molecule has 0 spiro atoms. The molecule has 11 heteroatoms. The van der Waals surface area contributed by atoms with Crippen LogP contribution in [0.4, 0.5) is 0 Å². The van der Waals surface area contributed by atoms with Crippen molar-refractivity contribution in [2.45, 2.75) is 12.5 Å². The summed E-state index contributed by atoms with van der Waals surface area (Å²) in [6, 6.07) is 8.09. The van der Waals surface area contributed by atoms with Gasteiger partial charge in [0.1, 0.15) is 17.5 Å². The van der Waals surface area contributed by atoms with E-state index in [1.807, 2.05) is 0 Å². The zero-order valence-corrected chi connectivity index (χ0v) is 18.3. The summed E-state index contributed by atoms with van der Waals surface area (Å²) < 4.78 is 21.5. The molecule has 1 atom stereocenters. The lowest BCUT2D eigenvalue weighted by Crippen LogP contribution is -2.45. The molecule has 0 aliphatic carbocycles. The van der Waals surface area contributed by atoms with Gasteiger partial charge < -0.3 is 35.1 Å². The molecule has 0 saturated carbocycles. The number of allylic oxidation sites excluding steroid dienone is 1. The number of aliphatic carboxylic acids is 1. The number of hydrogen-bond donors (Lipinski definition) is 3. The van der Waals surface area contributed by atoms with Crippen molar-refractivity contribution in [3.05, 3.63) is 53.3 Å². The van der Waals surface area contributed by atoms with E-state index in [0.717, 1.165) is 0 Å². The van der Waals surface area contributed by atoms with E-state index in [1.54, 1.807) is 24.3 Å². The third-order valence-corrected chi connectivity index (χ3v) is 4.76. The van der Waals surface area contributed by atoms with Crippen molar-refractivity contribution in [2.24, 2.45) is 5.73 Å². The minimum Gasteiger partial charge on any atom is -0.493 e. The normalized spacial score (nSPS) is 14.1. The van der Waals surface area contributed by atoms with Gasteiger partial charge in [0, 0.05) is 6.07 Å². The van der Waals surface area contributed by atoms with E-state index < -0.39 is 36.9 Å². The second-order valence-corrected chi connectivity index (χ2v) is 7.13. The van der Waals surface area contributed by atoms with Crippen molar-refractivity contribution in [1.29, 1.82) is 0 Å². The van der Waals surface area contributed by atoms with Gasteiger partial charge in [-0.1, -0.05) is 6.07 Å². The van der Waals surface area contributed by atoms with Gasteiger partial charge in [-0.3, -0.25) is 14.4 Å². The molecule has 2 aromatic carbocycles. The number of Topliss-reactive ketones (excluding diaryl/α,β-unsaturated/α-hetero) is 1. The number of methoxy groups -OCH3 is 2. The average Bonchev–Trinajstić information content (AvgIpc) is 3.11. The van der Waals surface area contributed by atoms with Crippen LogP contribution in [0.15, 0.2) is 42.2 Å². The average molecular weight is 470 g/mol. The fourth-order valence-corrected chi connectivity index (χ4v) is 3.14. The molecule has 11 nitrogen and oxygen atoms in total. The summed E-state index contributed by atoms with van der Waals surface area (Å²) in [6.07, 6.45) is 1.01. The van der Waals surface area contributed by atoms with Crippen molar-refractivity contribution in [3.8, 4) is 23.0 Å². The van der Waals surface area contributed by atoms with Crippen LogP contribution in [0.1, 0.15) is 22.3 Å². The van der Waals surface area contributed by atoms with Crippen LogP contribution in [0, 0.1) is 0 Å². The summed E-state index contributed by atoms with van der Waals surface area (Å²) in [6.45, 7) is -0.524. The van der Waals surface area contributed by atoms with E-state index in [0.29, 0.717) is 22.6 Å². The lowest BCUT2D eigenvalue weighted by molar-refractivity contribution is -0.143. The number of ketones is 1. The Labute approximate surface area is 194 Å². The van der Waals surface area contributed by atoms with Crippen LogP contribution in [0.5, 0.6) is 23.0 Å². The number of carboxylic acid groups (broad SMARTS) is 1. The monoisotopic (exact) mass is 470 g/mol. The summed E-state index contributed by atoms with van der Waals surface area (Å²) in [7, 11) is 3.02. The van der Waals surface area contributed by atoms with Crippen molar-refractivity contribution in [2.75, 3.05) is 20.8 Å². The number of carbonyl (C=O) groups excluding carboxylic acids is 3. The number of carbonyl (C=O) groups is 4. The predicted octanol–water partition coefficient (Wildman–Crippen LogP) is 1.14. The number of ether oxygens (including phenoxy) is 4. The first-order valence-electron chi connectivity index (χ1n) is 9.95. The highest BCUT2D eigenvalue weighted by molar-refractivity contribution is 6.14. The lowest BCUT2D eigenvalue weighted by atomic mass is 10.1. The Kier molecular flexibility index (Phi) is 7.36. The second-order valence-electron chi connectivity index (χ2n) is 7.13.